The zero-order valence-corrected chi connectivity index (χ0v) is 8.82. The van der Waals surface area contributed by atoms with Gasteiger partial charge in [-0.2, -0.15) is 0 Å². The van der Waals surface area contributed by atoms with Crippen LogP contribution in [0.25, 0.3) is 0 Å². The van der Waals surface area contributed by atoms with Crippen molar-refractivity contribution < 1.29 is 0 Å². The topological polar surface area (TPSA) is 29.3 Å². The minimum absolute atomic E-state index is 0.885. The summed E-state index contributed by atoms with van der Waals surface area (Å²) in [5.74, 6) is 0. The molecule has 1 heterocycles. The number of fused-ring (bicyclic) bond motifs is 1. The number of rotatable bonds is 0. The molecule has 13 heavy (non-hydrogen) atoms. The maximum absolute atomic E-state index is 5.75. The van der Waals surface area contributed by atoms with Gasteiger partial charge in [-0.05, 0) is 36.1 Å². The van der Waals surface area contributed by atoms with E-state index in [1.807, 2.05) is 6.07 Å². The Labute approximate surface area is 81.4 Å². The van der Waals surface area contributed by atoms with Crippen LogP contribution < -0.4 is 5.73 Å². The molecule has 1 aromatic carbocycles. The first-order chi connectivity index (χ1) is 6.25. The van der Waals surface area contributed by atoms with Crippen LogP contribution in [0.5, 0.6) is 0 Å². The molecule has 0 fully saturated rings. The van der Waals surface area contributed by atoms with Crippen molar-refractivity contribution in [2.45, 2.75) is 19.4 Å². The third kappa shape index (κ3) is 2.01. The van der Waals surface area contributed by atoms with Crippen molar-refractivity contribution >= 4 is 15.1 Å². The van der Waals surface area contributed by atoms with Crippen molar-refractivity contribution in [3.05, 3.63) is 29.3 Å². The van der Waals surface area contributed by atoms with Crippen LogP contribution in [0.3, 0.4) is 0 Å². The van der Waals surface area contributed by atoms with Crippen LogP contribution in [-0.2, 0) is 13.0 Å². The summed E-state index contributed by atoms with van der Waals surface area (Å²) in [6, 6.07) is 6.24. The minimum Gasteiger partial charge on any atom is -0.399 e. The fraction of sp³-hybridized carbons (Fsp3) is 0.400. The van der Waals surface area contributed by atoms with Gasteiger partial charge in [0.15, 0.2) is 0 Å². The maximum atomic E-state index is 5.75. The highest BCUT2D eigenvalue weighted by Gasteiger charge is 2.10. The van der Waals surface area contributed by atoms with Gasteiger partial charge in [-0.25, -0.2) is 0 Å². The Hall–Kier alpha value is -0.590. The van der Waals surface area contributed by atoms with Gasteiger partial charge in [0, 0.05) is 18.8 Å². The highest BCUT2D eigenvalue weighted by molar-refractivity contribution is 7.13. The van der Waals surface area contributed by atoms with E-state index in [-0.39, 0.29) is 0 Å². The van der Waals surface area contributed by atoms with Crippen molar-refractivity contribution in [1.29, 1.82) is 0 Å². The highest BCUT2D eigenvalue weighted by atomic mass is 31.0. The first-order valence-electron chi connectivity index (χ1n) is 4.62. The average Bonchev–Trinajstić information content (AvgIpc) is 2.25. The van der Waals surface area contributed by atoms with E-state index in [0.29, 0.717) is 0 Å². The highest BCUT2D eigenvalue weighted by Crippen LogP contribution is 2.22. The van der Waals surface area contributed by atoms with E-state index in [9.17, 15) is 0 Å². The molecule has 70 valence electrons. The van der Waals surface area contributed by atoms with Crippen molar-refractivity contribution in [3.63, 3.8) is 0 Å². The van der Waals surface area contributed by atoms with E-state index < -0.39 is 0 Å². The second-order valence-electron chi connectivity index (χ2n) is 3.60. The monoisotopic (exact) mass is 194 g/mol. The lowest BCUT2D eigenvalue weighted by Crippen LogP contribution is -2.09. The second kappa shape index (κ2) is 3.65. The quantitative estimate of drug-likeness (QED) is 0.504. The van der Waals surface area contributed by atoms with Gasteiger partial charge >= 0.3 is 0 Å². The van der Waals surface area contributed by atoms with Crippen molar-refractivity contribution in [1.82, 2.24) is 4.67 Å². The Balaban J connectivity index is 2.34. The molecule has 1 atom stereocenters. The number of anilines is 1. The number of nitrogen functional groups attached to an aromatic ring is 1. The Kier molecular flexibility index (Phi) is 2.52. The standard InChI is InChI=1S/C10H15N2P/c11-10-4-3-9-7-12(13)5-1-2-8(9)6-10/h3-4,6H,1-2,5,7,11,13H2. The summed E-state index contributed by atoms with van der Waals surface area (Å²) in [6.45, 7) is 2.18. The fourth-order valence-electron chi connectivity index (χ4n) is 1.80. The van der Waals surface area contributed by atoms with Crippen LogP contribution in [0.2, 0.25) is 0 Å². The van der Waals surface area contributed by atoms with Crippen molar-refractivity contribution in [2.24, 2.45) is 0 Å². The molecule has 0 saturated carbocycles. The van der Waals surface area contributed by atoms with Crippen LogP contribution in [0.4, 0.5) is 5.69 Å². The molecule has 0 radical (unpaired) electrons. The van der Waals surface area contributed by atoms with Crippen molar-refractivity contribution in [3.8, 4) is 0 Å². The van der Waals surface area contributed by atoms with Gasteiger partial charge in [0.25, 0.3) is 0 Å². The molecule has 1 aliphatic heterocycles. The molecule has 2 nitrogen and oxygen atoms in total. The van der Waals surface area contributed by atoms with E-state index in [1.165, 1.54) is 17.5 Å². The van der Waals surface area contributed by atoms with Gasteiger partial charge < -0.3 is 5.73 Å². The Morgan fingerprint density at radius 1 is 1.31 bits per heavy atom. The van der Waals surface area contributed by atoms with Crippen molar-refractivity contribution in [2.75, 3.05) is 12.3 Å². The lowest BCUT2D eigenvalue weighted by atomic mass is 10.0. The van der Waals surface area contributed by atoms with Crippen LogP contribution >= 0.6 is 9.39 Å². The third-order valence-corrected chi connectivity index (χ3v) is 2.94. The predicted molar refractivity (Wildman–Crippen MR) is 59.3 cm³/mol. The second-order valence-corrected chi connectivity index (χ2v) is 4.33. The lowest BCUT2D eigenvalue weighted by molar-refractivity contribution is 0.470. The molecule has 1 aliphatic rings. The lowest BCUT2D eigenvalue weighted by Gasteiger charge is -2.12. The van der Waals surface area contributed by atoms with Gasteiger partial charge in [0.2, 0.25) is 0 Å². The van der Waals surface area contributed by atoms with E-state index in [0.717, 1.165) is 25.2 Å². The van der Waals surface area contributed by atoms with Gasteiger partial charge in [0.1, 0.15) is 0 Å². The third-order valence-electron chi connectivity index (χ3n) is 2.50. The zero-order valence-electron chi connectivity index (χ0n) is 7.66. The van der Waals surface area contributed by atoms with Gasteiger partial charge in [-0.3, -0.25) is 4.67 Å². The molecule has 1 unspecified atom stereocenters. The Morgan fingerprint density at radius 2 is 2.15 bits per heavy atom. The summed E-state index contributed by atoms with van der Waals surface area (Å²) >= 11 is 0. The van der Waals surface area contributed by atoms with Crippen LogP contribution in [-0.4, -0.2) is 11.2 Å². The van der Waals surface area contributed by atoms with Gasteiger partial charge in [-0.1, -0.05) is 15.5 Å². The maximum Gasteiger partial charge on any atom is 0.0316 e. The molecule has 1 aromatic rings. The fourth-order valence-corrected chi connectivity index (χ4v) is 2.18. The molecule has 0 bridgehead atoms. The summed E-state index contributed by atoms with van der Waals surface area (Å²) in [5, 5.41) is 0. The Bertz CT molecular complexity index is 312. The van der Waals surface area contributed by atoms with Crippen LogP contribution in [0.1, 0.15) is 17.5 Å². The number of aryl methyl sites for hydroxylation is 1. The molecule has 0 amide bonds. The molecule has 0 aromatic heterocycles. The molecule has 2 rings (SSSR count). The van der Waals surface area contributed by atoms with Crippen LogP contribution in [0, 0.1) is 0 Å². The SMILES string of the molecule is Nc1ccc2c(c1)CCCN(P)C2. The number of benzene rings is 1. The molecular formula is C10H15N2P. The molecule has 0 saturated heterocycles. The first kappa shape index (κ1) is 8.98. The van der Waals surface area contributed by atoms with Gasteiger partial charge in [0.05, 0.1) is 0 Å². The Morgan fingerprint density at radius 3 is 3.00 bits per heavy atom. The zero-order chi connectivity index (χ0) is 9.26. The number of hydrogen-bond donors (Lipinski definition) is 1. The first-order valence-corrected chi connectivity index (χ1v) is 5.14. The van der Waals surface area contributed by atoms with E-state index in [4.69, 9.17) is 5.73 Å². The number of nitrogens with zero attached hydrogens (tertiary/aromatic N) is 1. The summed E-state index contributed by atoms with van der Waals surface area (Å²) in [5.41, 5.74) is 9.47. The van der Waals surface area contributed by atoms with E-state index >= 15 is 0 Å². The molecule has 0 aliphatic carbocycles. The van der Waals surface area contributed by atoms with E-state index in [1.54, 1.807) is 0 Å². The molecule has 3 heteroatoms. The number of nitrogens with two attached hydrogens (primary N) is 1. The summed E-state index contributed by atoms with van der Waals surface area (Å²) < 4.78 is 2.28. The molecule has 0 spiro atoms. The van der Waals surface area contributed by atoms with Crippen LogP contribution in [0.15, 0.2) is 18.2 Å². The smallest absolute Gasteiger partial charge is 0.0316 e. The summed E-state index contributed by atoms with van der Waals surface area (Å²) in [6.07, 6.45) is 2.38. The van der Waals surface area contributed by atoms with E-state index in [2.05, 4.69) is 26.2 Å². The minimum atomic E-state index is 0.885. The predicted octanol–water partition coefficient (Wildman–Crippen LogP) is 1.81. The molecule has 2 N–H and O–H groups in total. The average molecular weight is 194 g/mol. The summed E-state index contributed by atoms with van der Waals surface area (Å²) in [7, 11) is 2.78. The normalized spacial score (nSPS) is 17.9. The van der Waals surface area contributed by atoms with Gasteiger partial charge in [-0.15, -0.1) is 0 Å². The number of hydrogen-bond acceptors (Lipinski definition) is 2. The summed E-state index contributed by atoms with van der Waals surface area (Å²) in [4.78, 5) is 0. The molecular weight excluding hydrogens is 179 g/mol. The largest absolute Gasteiger partial charge is 0.399 e.